The first-order valence-corrected chi connectivity index (χ1v) is 7.63. The number of nitrogens with zero attached hydrogens (tertiary/aromatic N) is 1. The summed E-state index contributed by atoms with van der Waals surface area (Å²) in [5.41, 5.74) is 1.45. The van der Waals surface area contributed by atoms with Gasteiger partial charge < -0.3 is 20.2 Å². The monoisotopic (exact) mass is 312 g/mol. The molecule has 0 radical (unpaired) electrons. The first-order valence-electron chi connectivity index (χ1n) is 7.63. The molecule has 3 rings (SSSR count). The van der Waals surface area contributed by atoms with Crippen LogP contribution in [0.15, 0.2) is 35.3 Å². The normalized spacial score (nSPS) is 11.4. The number of nitrogens with one attached hydrogen (secondary N) is 3. The van der Waals surface area contributed by atoms with E-state index in [0.717, 1.165) is 23.9 Å². The molecule has 2 heterocycles. The molecular formula is C17H20N4O2. The molecule has 0 atom stereocenters. The molecule has 0 bridgehead atoms. The van der Waals surface area contributed by atoms with Crippen molar-refractivity contribution in [3.63, 3.8) is 0 Å². The van der Waals surface area contributed by atoms with Crippen molar-refractivity contribution in [2.24, 2.45) is 0 Å². The maximum atomic E-state index is 12.5. The van der Waals surface area contributed by atoms with Crippen LogP contribution in [0.3, 0.4) is 0 Å². The summed E-state index contributed by atoms with van der Waals surface area (Å²) >= 11 is 0. The second kappa shape index (κ2) is 6.26. The van der Waals surface area contributed by atoms with Crippen LogP contribution in [-0.4, -0.2) is 48.0 Å². The van der Waals surface area contributed by atoms with Gasteiger partial charge in [-0.05, 0) is 33.1 Å². The van der Waals surface area contributed by atoms with E-state index in [2.05, 4.69) is 20.2 Å². The van der Waals surface area contributed by atoms with E-state index < -0.39 is 0 Å². The first-order chi connectivity index (χ1) is 11.1. The quantitative estimate of drug-likeness (QED) is 0.627. The zero-order chi connectivity index (χ0) is 16.4. The van der Waals surface area contributed by atoms with Gasteiger partial charge in [0.2, 0.25) is 0 Å². The largest absolute Gasteiger partial charge is 0.356 e. The van der Waals surface area contributed by atoms with E-state index in [1.165, 1.54) is 0 Å². The molecule has 0 fully saturated rings. The minimum Gasteiger partial charge on any atom is -0.356 e. The Hall–Kier alpha value is -2.60. The van der Waals surface area contributed by atoms with Crippen molar-refractivity contribution in [2.45, 2.75) is 6.42 Å². The number of aromatic nitrogens is 2. The number of para-hydroxylation sites is 1. The summed E-state index contributed by atoms with van der Waals surface area (Å²) < 4.78 is 0. The Morgan fingerprint density at radius 3 is 2.83 bits per heavy atom. The van der Waals surface area contributed by atoms with Crippen LogP contribution < -0.4 is 10.9 Å². The predicted octanol–water partition coefficient (Wildman–Crippen LogP) is 1.69. The summed E-state index contributed by atoms with van der Waals surface area (Å²) in [7, 11) is 4.00. The number of pyridine rings is 1. The van der Waals surface area contributed by atoms with Crippen LogP contribution in [0, 0.1) is 0 Å². The highest BCUT2D eigenvalue weighted by Crippen LogP contribution is 2.24. The van der Waals surface area contributed by atoms with Crippen LogP contribution in [0.5, 0.6) is 0 Å². The third kappa shape index (κ3) is 2.98. The van der Waals surface area contributed by atoms with Gasteiger partial charge in [-0.1, -0.05) is 18.2 Å². The molecule has 0 spiro atoms. The molecule has 0 aliphatic carbocycles. The third-order valence-corrected chi connectivity index (χ3v) is 3.86. The van der Waals surface area contributed by atoms with E-state index in [-0.39, 0.29) is 11.5 Å². The number of benzene rings is 1. The lowest BCUT2D eigenvalue weighted by Gasteiger charge is -2.09. The van der Waals surface area contributed by atoms with E-state index >= 15 is 0 Å². The van der Waals surface area contributed by atoms with Gasteiger partial charge in [0.05, 0.1) is 5.56 Å². The molecule has 0 saturated carbocycles. The summed E-state index contributed by atoms with van der Waals surface area (Å²) in [6, 6.07) is 7.50. The maximum Gasteiger partial charge on any atom is 0.272 e. The number of carbonyl (C=O) groups excluding carboxylic acids is 1. The summed E-state index contributed by atoms with van der Waals surface area (Å²) in [6.45, 7) is 1.52. The Kier molecular flexibility index (Phi) is 4.16. The Morgan fingerprint density at radius 2 is 2.04 bits per heavy atom. The van der Waals surface area contributed by atoms with Gasteiger partial charge in [-0.2, -0.15) is 0 Å². The highest BCUT2D eigenvalue weighted by molar-refractivity contribution is 6.16. The average molecular weight is 312 g/mol. The van der Waals surface area contributed by atoms with Crippen LogP contribution in [0.25, 0.3) is 21.8 Å². The fourth-order valence-corrected chi connectivity index (χ4v) is 2.75. The smallest absolute Gasteiger partial charge is 0.272 e. The molecule has 6 nitrogen and oxygen atoms in total. The standard InChI is InChI=1S/C17H20N4O2/c1-21(2)9-5-8-18-16(22)12-10-19-15-14(12)11-6-3-4-7-13(11)20-17(15)23/h3-4,6-7,10,19H,5,8-9H2,1-2H3,(H,18,22)(H,20,23). The highest BCUT2D eigenvalue weighted by Gasteiger charge is 2.16. The molecule has 0 saturated heterocycles. The van der Waals surface area contributed by atoms with Gasteiger partial charge in [-0.3, -0.25) is 9.59 Å². The fourth-order valence-electron chi connectivity index (χ4n) is 2.75. The number of carbonyl (C=O) groups is 1. The van der Waals surface area contributed by atoms with Gasteiger partial charge in [0.25, 0.3) is 11.5 Å². The van der Waals surface area contributed by atoms with Crippen LogP contribution in [-0.2, 0) is 0 Å². The van der Waals surface area contributed by atoms with Crippen LogP contribution in [0.1, 0.15) is 16.8 Å². The minimum atomic E-state index is -0.217. The minimum absolute atomic E-state index is 0.161. The van der Waals surface area contributed by atoms with Crippen molar-refractivity contribution >= 4 is 27.7 Å². The number of H-pyrrole nitrogens is 2. The Morgan fingerprint density at radius 1 is 1.26 bits per heavy atom. The SMILES string of the molecule is CN(C)CCCNC(=O)c1c[nH]c2c(=O)[nH]c3ccccc3c12. The van der Waals surface area contributed by atoms with E-state index in [1.54, 1.807) is 6.20 Å². The average Bonchev–Trinajstić information content (AvgIpc) is 2.97. The lowest BCUT2D eigenvalue weighted by atomic mass is 10.1. The molecule has 0 aliphatic rings. The zero-order valence-electron chi connectivity index (χ0n) is 13.3. The second-order valence-electron chi connectivity index (χ2n) is 5.86. The van der Waals surface area contributed by atoms with Crippen molar-refractivity contribution in [3.05, 3.63) is 46.4 Å². The topological polar surface area (TPSA) is 81.0 Å². The molecule has 120 valence electrons. The van der Waals surface area contributed by atoms with Crippen LogP contribution >= 0.6 is 0 Å². The number of rotatable bonds is 5. The van der Waals surface area contributed by atoms with Gasteiger partial charge in [0.15, 0.2) is 0 Å². The summed E-state index contributed by atoms with van der Waals surface area (Å²) in [6.07, 6.45) is 2.48. The third-order valence-electron chi connectivity index (χ3n) is 3.86. The van der Waals surface area contributed by atoms with Gasteiger partial charge in [-0.25, -0.2) is 0 Å². The Bertz CT molecular complexity index is 908. The Labute approximate surface area is 133 Å². The van der Waals surface area contributed by atoms with Crippen LogP contribution in [0.4, 0.5) is 0 Å². The van der Waals surface area contributed by atoms with Gasteiger partial charge in [0.1, 0.15) is 5.52 Å². The predicted molar refractivity (Wildman–Crippen MR) is 91.9 cm³/mol. The zero-order valence-corrected chi connectivity index (χ0v) is 13.3. The van der Waals surface area contributed by atoms with Gasteiger partial charge in [0, 0.05) is 29.0 Å². The molecule has 3 N–H and O–H groups in total. The second-order valence-corrected chi connectivity index (χ2v) is 5.86. The Balaban J connectivity index is 1.95. The van der Waals surface area contributed by atoms with Crippen molar-refractivity contribution in [1.82, 2.24) is 20.2 Å². The molecule has 6 heteroatoms. The highest BCUT2D eigenvalue weighted by atomic mass is 16.1. The summed E-state index contributed by atoms with van der Waals surface area (Å²) in [5, 5.41) is 4.46. The lowest BCUT2D eigenvalue weighted by molar-refractivity contribution is 0.0954. The molecular weight excluding hydrogens is 292 g/mol. The molecule has 0 unspecified atom stereocenters. The number of aromatic amines is 2. The van der Waals surface area contributed by atoms with Crippen molar-refractivity contribution in [1.29, 1.82) is 0 Å². The number of fused-ring (bicyclic) bond motifs is 3. The summed E-state index contributed by atoms with van der Waals surface area (Å²) in [5.74, 6) is -0.161. The fraction of sp³-hybridized carbons (Fsp3) is 0.294. The van der Waals surface area contributed by atoms with E-state index in [9.17, 15) is 9.59 Å². The van der Waals surface area contributed by atoms with E-state index in [0.29, 0.717) is 23.0 Å². The molecule has 1 amide bonds. The lowest BCUT2D eigenvalue weighted by Crippen LogP contribution is -2.27. The molecule has 1 aromatic carbocycles. The summed E-state index contributed by atoms with van der Waals surface area (Å²) in [4.78, 5) is 32.4. The first kappa shape index (κ1) is 15.3. The van der Waals surface area contributed by atoms with Gasteiger partial charge in [-0.15, -0.1) is 0 Å². The van der Waals surface area contributed by atoms with E-state index in [4.69, 9.17) is 0 Å². The molecule has 23 heavy (non-hydrogen) atoms. The maximum absolute atomic E-state index is 12.5. The van der Waals surface area contributed by atoms with E-state index in [1.807, 2.05) is 38.4 Å². The number of hydrogen-bond donors (Lipinski definition) is 3. The van der Waals surface area contributed by atoms with Crippen molar-refractivity contribution in [3.8, 4) is 0 Å². The molecule has 0 aliphatic heterocycles. The number of hydrogen-bond acceptors (Lipinski definition) is 3. The van der Waals surface area contributed by atoms with Crippen molar-refractivity contribution < 1.29 is 4.79 Å². The van der Waals surface area contributed by atoms with Crippen LogP contribution in [0.2, 0.25) is 0 Å². The van der Waals surface area contributed by atoms with Gasteiger partial charge >= 0.3 is 0 Å². The molecule has 2 aromatic heterocycles. The van der Waals surface area contributed by atoms with Crippen molar-refractivity contribution in [2.75, 3.05) is 27.2 Å². The molecule has 3 aromatic rings. The number of amides is 1.